The minimum Gasteiger partial charge on any atom is -0.331 e. The molecule has 2 aromatic heterocycles. The number of rotatable bonds is 3. The molecule has 3 aromatic carbocycles. The molecule has 8 heteroatoms. The molecule has 0 fully saturated rings. The van der Waals surface area contributed by atoms with Crippen LogP contribution in [0.15, 0.2) is 70.7 Å². The molecule has 0 aliphatic rings. The Bertz CT molecular complexity index is 1390. The summed E-state index contributed by atoms with van der Waals surface area (Å²) in [6.45, 7) is 0. The summed E-state index contributed by atoms with van der Waals surface area (Å²) < 4.78 is 15.3. The Morgan fingerprint density at radius 1 is 0.931 bits per heavy atom. The third-order valence-corrected chi connectivity index (χ3v) is 6.82. The lowest BCUT2D eigenvalue weighted by Crippen LogP contribution is -2.01. The van der Waals surface area contributed by atoms with E-state index in [4.69, 9.17) is 28.2 Å². The molecule has 144 valence electrons. The molecule has 0 aliphatic heterocycles. The Hall–Kier alpha value is -2.67. The SMILES string of the molecule is Cn1c(-c2ccccc2S(=O)c2nc3ccccc3[nH]2)nc2cc(Cl)c(Cl)cc21. The van der Waals surface area contributed by atoms with Crippen molar-refractivity contribution in [3.8, 4) is 11.4 Å². The fourth-order valence-corrected chi connectivity index (χ4v) is 4.83. The van der Waals surface area contributed by atoms with Crippen LogP contribution in [0.2, 0.25) is 10.0 Å². The van der Waals surface area contributed by atoms with Gasteiger partial charge in [-0.15, -0.1) is 0 Å². The lowest BCUT2D eigenvalue weighted by atomic mass is 10.2. The van der Waals surface area contributed by atoms with Gasteiger partial charge in [-0.25, -0.2) is 14.2 Å². The van der Waals surface area contributed by atoms with Gasteiger partial charge in [-0.05, 0) is 30.3 Å². The molecule has 1 atom stereocenters. The van der Waals surface area contributed by atoms with Crippen LogP contribution in [0, 0.1) is 0 Å². The van der Waals surface area contributed by atoms with E-state index in [2.05, 4.69) is 9.97 Å². The molecule has 5 rings (SSSR count). The molecule has 0 aliphatic carbocycles. The number of halogens is 2. The van der Waals surface area contributed by atoms with Crippen molar-refractivity contribution in [1.29, 1.82) is 0 Å². The molecule has 1 N–H and O–H groups in total. The Balaban J connectivity index is 1.67. The normalized spacial score (nSPS) is 12.7. The number of fused-ring (bicyclic) bond motifs is 2. The molecular formula is C21H14Cl2N4OS. The van der Waals surface area contributed by atoms with Crippen molar-refractivity contribution in [2.45, 2.75) is 10.1 Å². The van der Waals surface area contributed by atoms with Crippen molar-refractivity contribution in [3.63, 3.8) is 0 Å². The molecular weight excluding hydrogens is 427 g/mol. The maximum Gasteiger partial charge on any atom is 0.202 e. The molecule has 1 unspecified atom stereocenters. The van der Waals surface area contributed by atoms with Gasteiger partial charge in [0.2, 0.25) is 5.16 Å². The van der Waals surface area contributed by atoms with Gasteiger partial charge in [-0.1, -0.05) is 53.5 Å². The van der Waals surface area contributed by atoms with Crippen LogP contribution >= 0.6 is 23.2 Å². The second-order valence-corrected chi connectivity index (χ2v) is 8.75. The number of aryl methyl sites for hydroxylation is 1. The third-order valence-electron chi connectivity index (χ3n) is 4.79. The number of para-hydroxylation sites is 2. The summed E-state index contributed by atoms with van der Waals surface area (Å²) in [5.74, 6) is 0.679. The highest BCUT2D eigenvalue weighted by atomic mass is 35.5. The minimum absolute atomic E-state index is 0.406. The van der Waals surface area contributed by atoms with Gasteiger partial charge < -0.3 is 9.55 Å². The summed E-state index contributed by atoms with van der Waals surface area (Å²) in [4.78, 5) is 13.0. The zero-order valence-electron chi connectivity index (χ0n) is 15.2. The molecule has 2 heterocycles. The molecule has 29 heavy (non-hydrogen) atoms. The van der Waals surface area contributed by atoms with Crippen LogP contribution in [-0.2, 0) is 17.8 Å². The molecule has 0 saturated carbocycles. The van der Waals surface area contributed by atoms with Gasteiger partial charge in [-0.3, -0.25) is 0 Å². The maximum absolute atomic E-state index is 13.4. The van der Waals surface area contributed by atoms with E-state index in [9.17, 15) is 4.21 Å². The number of hydrogen-bond acceptors (Lipinski definition) is 3. The van der Waals surface area contributed by atoms with Gasteiger partial charge in [0.25, 0.3) is 0 Å². The van der Waals surface area contributed by atoms with E-state index < -0.39 is 10.8 Å². The second kappa shape index (κ2) is 6.99. The predicted octanol–water partition coefficient (Wildman–Crippen LogP) is 5.59. The molecule has 0 bridgehead atoms. The monoisotopic (exact) mass is 440 g/mol. The predicted molar refractivity (Wildman–Crippen MR) is 117 cm³/mol. The van der Waals surface area contributed by atoms with Crippen molar-refractivity contribution in [2.75, 3.05) is 0 Å². The van der Waals surface area contributed by atoms with Gasteiger partial charge in [0.15, 0.2) is 0 Å². The van der Waals surface area contributed by atoms with Gasteiger partial charge >= 0.3 is 0 Å². The van der Waals surface area contributed by atoms with E-state index in [-0.39, 0.29) is 0 Å². The first-order chi connectivity index (χ1) is 14.0. The summed E-state index contributed by atoms with van der Waals surface area (Å²) in [5, 5.41) is 1.32. The molecule has 5 nitrogen and oxygen atoms in total. The molecule has 0 saturated heterocycles. The van der Waals surface area contributed by atoms with E-state index >= 15 is 0 Å². The third kappa shape index (κ3) is 3.04. The summed E-state index contributed by atoms with van der Waals surface area (Å²) in [5.41, 5.74) is 3.96. The fourth-order valence-electron chi connectivity index (χ4n) is 3.36. The number of nitrogens with zero attached hydrogens (tertiary/aromatic N) is 3. The van der Waals surface area contributed by atoms with Crippen LogP contribution in [0.1, 0.15) is 0 Å². The standard InChI is InChI=1S/C21H14Cl2N4OS/c1-27-18-11-14(23)13(22)10-17(18)24-20(27)12-6-2-5-9-19(12)29(28)21-25-15-7-3-4-8-16(15)26-21/h2-11H,1H3,(H,25,26). The first kappa shape index (κ1) is 18.4. The van der Waals surface area contributed by atoms with Gasteiger partial charge in [0.05, 0.1) is 37.0 Å². The van der Waals surface area contributed by atoms with E-state index in [0.717, 1.165) is 27.6 Å². The van der Waals surface area contributed by atoms with Gasteiger partial charge in [0.1, 0.15) is 16.6 Å². The number of aromatic nitrogens is 4. The number of benzene rings is 3. The highest BCUT2D eigenvalue weighted by Crippen LogP contribution is 2.33. The summed E-state index contributed by atoms with van der Waals surface area (Å²) >= 11 is 12.3. The Labute approximate surface area is 178 Å². The Kier molecular flexibility index (Phi) is 4.42. The van der Waals surface area contributed by atoms with Crippen LogP contribution in [-0.4, -0.2) is 23.7 Å². The van der Waals surface area contributed by atoms with E-state index in [0.29, 0.717) is 25.9 Å². The van der Waals surface area contributed by atoms with Crippen LogP contribution < -0.4 is 0 Å². The zero-order chi connectivity index (χ0) is 20.1. The van der Waals surface area contributed by atoms with Crippen LogP contribution in [0.4, 0.5) is 0 Å². The average Bonchev–Trinajstić information content (AvgIpc) is 3.30. The average molecular weight is 441 g/mol. The fraction of sp³-hybridized carbons (Fsp3) is 0.0476. The number of H-pyrrole nitrogens is 1. The summed E-state index contributed by atoms with van der Waals surface area (Å²) in [7, 11) is 0.396. The lowest BCUT2D eigenvalue weighted by molar-refractivity contribution is 0.678. The van der Waals surface area contributed by atoms with Crippen LogP contribution in [0.3, 0.4) is 0 Å². The number of hydrogen-bond donors (Lipinski definition) is 1. The molecule has 0 spiro atoms. The van der Waals surface area contributed by atoms with E-state index in [1.54, 1.807) is 12.1 Å². The van der Waals surface area contributed by atoms with Crippen molar-refractivity contribution in [3.05, 3.63) is 70.7 Å². The van der Waals surface area contributed by atoms with Crippen LogP contribution in [0.25, 0.3) is 33.5 Å². The molecule has 0 amide bonds. The zero-order valence-corrected chi connectivity index (χ0v) is 17.5. The van der Waals surface area contributed by atoms with Crippen LogP contribution in [0.5, 0.6) is 0 Å². The summed E-state index contributed by atoms with van der Waals surface area (Å²) in [6.07, 6.45) is 0. The Morgan fingerprint density at radius 2 is 1.66 bits per heavy atom. The first-order valence-electron chi connectivity index (χ1n) is 8.80. The van der Waals surface area contributed by atoms with Crippen molar-refractivity contribution in [2.24, 2.45) is 7.05 Å². The van der Waals surface area contributed by atoms with Crippen molar-refractivity contribution < 1.29 is 4.21 Å². The largest absolute Gasteiger partial charge is 0.331 e. The second-order valence-electron chi connectivity index (χ2n) is 6.57. The number of nitrogens with one attached hydrogen (secondary N) is 1. The van der Waals surface area contributed by atoms with Crippen molar-refractivity contribution >= 4 is 56.1 Å². The quantitative estimate of drug-likeness (QED) is 0.397. The smallest absolute Gasteiger partial charge is 0.202 e. The molecule has 0 radical (unpaired) electrons. The van der Waals surface area contributed by atoms with E-state index in [1.807, 2.05) is 60.1 Å². The minimum atomic E-state index is -1.50. The van der Waals surface area contributed by atoms with Crippen molar-refractivity contribution in [1.82, 2.24) is 19.5 Å². The summed E-state index contributed by atoms with van der Waals surface area (Å²) in [6, 6.07) is 18.6. The van der Waals surface area contributed by atoms with Gasteiger partial charge in [0, 0.05) is 12.6 Å². The van der Waals surface area contributed by atoms with E-state index in [1.165, 1.54) is 0 Å². The number of aromatic amines is 1. The Morgan fingerprint density at radius 3 is 2.48 bits per heavy atom. The first-order valence-corrected chi connectivity index (χ1v) is 10.7. The van der Waals surface area contributed by atoms with Gasteiger partial charge in [-0.2, -0.15) is 0 Å². The molecule has 5 aromatic rings. The maximum atomic E-state index is 13.4. The lowest BCUT2D eigenvalue weighted by Gasteiger charge is -2.08. The number of imidazole rings is 2. The topological polar surface area (TPSA) is 63.6 Å². The highest BCUT2D eigenvalue weighted by molar-refractivity contribution is 7.85. The highest BCUT2D eigenvalue weighted by Gasteiger charge is 2.20.